The number of amides is 2. The highest BCUT2D eigenvalue weighted by molar-refractivity contribution is 5.79. The van der Waals surface area contributed by atoms with Crippen LogP contribution in [0.1, 0.15) is 24.8 Å². The van der Waals surface area contributed by atoms with Crippen LogP contribution in [0.5, 0.6) is 11.5 Å². The molecule has 0 aromatic heterocycles. The molecule has 3 rings (SSSR count). The molecule has 2 aromatic rings. The first-order valence-corrected chi connectivity index (χ1v) is 9.11. The maximum atomic E-state index is 13.0. The summed E-state index contributed by atoms with van der Waals surface area (Å²) in [5, 5.41) is 0. The maximum Gasteiger partial charge on any atom is 0.222 e. The zero-order chi connectivity index (χ0) is 19.2. The number of hydrogen-bond donors (Lipinski definition) is 1. The summed E-state index contributed by atoms with van der Waals surface area (Å²) in [6.07, 6.45) is 2.29. The smallest absolute Gasteiger partial charge is 0.222 e. The van der Waals surface area contributed by atoms with Crippen LogP contribution in [0.4, 0.5) is 4.39 Å². The van der Waals surface area contributed by atoms with Gasteiger partial charge in [0.2, 0.25) is 11.8 Å². The van der Waals surface area contributed by atoms with Crippen molar-refractivity contribution in [2.45, 2.75) is 25.7 Å². The SMILES string of the molecule is NC(=O)C1CCN(C(=O)CCc2cccc(Oc3ccc(F)cc3)c2)CC1. The third kappa shape index (κ3) is 5.29. The summed E-state index contributed by atoms with van der Waals surface area (Å²) in [6, 6.07) is 13.4. The fraction of sp³-hybridized carbons (Fsp3) is 0.333. The minimum atomic E-state index is -0.311. The van der Waals surface area contributed by atoms with Gasteiger partial charge in [-0.15, -0.1) is 0 Å². The molecule has 0 bridgehead atoms. The number of piperidine rings is 1. The lowest BCUT2D eigenvalue weighted by Crippen LogP contribution is -2.41. The number of carbonyl (C=O) groups excluding carboxylic acids is 2. The molecule has 2 N–H and O–H groups in total. The van der Waals surface area contributed by atoms with Gasteiger partial charge in [0.15, 0.2) is 0 Å². The van der Waals surface area contributed by atoms with Crippen LogP contribution in [0.15, 0.2) is 48.5 Å². The molecule has 1 saturated heterocycles. The van der Waals surface area contributed by atoms with Crippen molar-refractivity contribution >= 4 is 11.8 Å². The Morgan fingerprint density at radius 2 is 1.78 bits per heavy atom. The van der Waals surface area contributed by atoms with Crippen LogP contribution in [-0.2, 0) is 16.0 Å². The van der Waals surface area contributed by atoms with E-state index in [2.05, 4.69) is 0 Å². The fourth-order valence-corrected chi connectivity index (χ4v) is 3.23. The van der Waals surface area contributed by atoms with Crippen molar-refractivity contribution in [2.75, 3.05) is 13.1 Å². The highest BCUT2D eigenvalue weighted by Crippen LogP contribution is 2.23. The molecule has 0 atom stereocenters. The monoisotopic (exact) mass is 370 g/mol. The summed E-state index contributed by atoms with van der Waals surface area (Å²) in [5.74, 6) is 0.586. The van der Waals surface area contributed by atoms with Crippen LogP contribution >= 0.6 is 0 Å². The molecule has 1 fully saturated rings. The predicted molar refractivity (Wildman–Crippen MR) is 99.7 cm³/mol. The van der Waals surface area contributed by atoms with Gasteiger partial charge < -0.3 is 15.4 Å². The molecule has 1 aliphatic heterocycles. The molecule has 0 spiro atoms. The number of hydrogen-bond acceptors (Lipinski definition) is 3. The second-order valence-electron chi connectivity index (χ2n) is 6.76. The van der Waals surface area contributed by atoms with Crippen LogP contribution in [0.25, 0.3) is 0 Å². The zero-order valence-corrected chi connectivity index (χ0v) is 15.1. The molecule has 0 aliphatic carbocycles. The molecular formula is C21H23FN2O3. The van der Waals surface area contributed by atoms with E-state index in [9.17, 15) is 14.0 Å². The van der Waals surface area contributed by atoms with Gasteiger partial charge in [-0.25, -0.2) is 4.39 Å². The van der Waals surface area contributed by atoms with E-state index in [0.29, 0.717) is 50.3 Å². The molecule has 142 valence electrons. The second kappa shape index (κ2) is 8.66. The van der Waals surface area contributed by atoms with Gasteiger partial charge in [-0.2, -0.15) is 0 Å². The summed E-state index contributed by atoms with van der Waals surface area (Å²) in [7, 11) is 0. The van der Waals surface area contributed by atoms with Gasteiger partial charge in [-0.3, -0.25) is 9.59 Å². The minimum absolute atomic E-state index is 0.0859. The maximum absolute atomic E-state index is 13.0. The number of benzene rings is 2. The van der Waals surface area contributed by atoms with E-state index in [1.54, 1.807) is 17.0 Å². The Bertz CT molecular complexity index is 799. The lowest BCUT2D eigenvalue weighted by Gasteiger charge is -2.30. The molecule has 0 radical (unpaired) electrons. The minimum Gasteiger partial charge on any atom is -0.457 e. The van der Waals surface area contributed by atoms with E-state index in [0.717, 1.165) is 5.56 Å². The predicted octanol–water partition coefficient (Wildman–Crippen LogP) is 3.27. The summed E-state index contributed by atoms with van der Waals surface area (Å²) >= 11 is 0. The van der Waals surface area contributed by atoms with Crippen molar-refractivity contribution in [1.82, 2.24) is 4.90 Å². The van der Waals surface area contributed by atoms with Gasteiger partial charge in [-0.05, 0) is 61.2 Å². The van der Waals surface area contributed by atoms with Crippen LogP contribution in [0.3, 0.4) is 0 Å². The number of halogens is 1. The molecule has 2 aromatic carbocycles. The topological polar surface area (TPSA) is 72.6 Å². The molecule has 1 aliphatic rings. The van der Waals surface area contributed by atoms with Gasteiger partial charge in [0.1, 0.15) is 17.3 Å². The van der Waals surface area contributed by atoms with E-state index < -0.39 is 0 Å². The van der Waals surface area contributed by atoms with Crippen molar-refractivity contribution in [3.8, 4) is 11.5 Å². The van der Waals surface area contributed by atoms with Crippen LogP contribution < -0.4 is 10.5 Å². The van der Waals surface area contributed by atoms with Gasteiger partial charge >= 0.3 is 0 Å². The first-order chi connectivity index (χ1) is 13.0. The fourth-order valence-electron chi connectivity index (χ4n) is 3.23. The Morgan fingerprint density at radius 3 is 2.44 bits per heavy atom. The summed E-state index contributed by atoms with van der Waals surface area (Å²) < 4.78 is 18.7. The third-order valence-corrected chi connectivity index (χ3v) is 4.83. The number of likely N-dealkylation sites (tertiary alicyclic amines) is 1. The first-order valence-electron chi connectivity index (χ1n) is 9.11. The molecule has 27 heavy (non-hydrogen) atoms. The van der Waals surface area contributed by atoms with Crippen molar-refractivity contribution in [3.05, 3.63) is 59.9 Å². The third-order valence-electron chi connectivity index (χ3n) is 4.83. The van der Waals surface area contributed by atoms with E-state index >= 15 is 0 Å². The van der Waals surface area contributed by atoms with Gasteiger partial charge in [0.25, 0.3) is 0 Å². The number of nitrogens with two attached hydrogens (primary N) is 1. The molecule has 6 heteroatoms. The van der Waals surface area contributed by atoms with Crippen LogP contribution in [0.2, 0.25) is 0 Å². The van der Waals surface area contributed by atoms with Crippen molar-refractivity contribution < 1.29 is 18.7 Å². The van der Waals surface area contributed by atoms with Crippen LogP contribution in [-0.4, -0.2) is 29.8 Å². The quantitative estimate of drug-likeness (QED) is 0.848. The normalized spacial score (nSPS) is 14.8. The van der Waals surface area contributed by atoms with Gasteiger partial charge in [0.05, 0.1) is 0 Å². The number of nitrogens with zero attached hydrogens (tertiary/aromatic N) is 1. The Kier molecular flexibility index (Phi) is 6.06. The van der Waals surface area contributed by atoms with Crippen molar-refractivity contribution in [1.29, 1.82) is 0 Å². The van der Waals surface area contributed by atoms with Crippen molar-refractivity contribution in [2.24, 2.45) is 11.7 Å². The number of aryl methyl sites for hydroxylation is 1. The van der Waals surface area contributed by atoms with E-state index in [4.69, 9.17) is 10.5 Å². The molecule has 0 unspecified atom stereocenters. The van der Waals surface area contributed by atoms with Gasteiger partial charge in [-0.1, -0.05) is 12.1 Å². The molecule has 1 heterocycles. The standard InChI is InChI=1S/C21H23FN2O3/c22-17-5-7-18(8-6-17)27-19-3-1-2-15(14-19)4-9-20(25)24-12-10-16(11-13-24)21(23)26/h1-3,5-8,14,16H,4,9-13H2,(H2,23,26). The van der Waals surface area contributed by atoms with Crippen LogP contribution in [0, 0.1) is 11.7 Å². The van der Waals surface area contributed by atoms with Crippen molar-refractivity contribution in [3.63, 3.8) is 0 Å². The lowest BCUT2D eigenvalue weighted by atomic mass is 9.96. The Morgan fingerprint density at radius 1 is 1.07 bits per heavy atom. The highest BCUT2D eigenvalue weighted by Gasteiger charge is 2.25. The molecule has 0 saturated carbocycles. The first kappa shape index (κ1) is 18.9. The number of ether oxygens (including phenoxy) is 1. The number of primary amides is 1. The average Bonchev–Trinajstić information content (AvgIpc) is 2.68. The molecular weight excluding hydrogens is 347 g/mol. The zero-order valence-electron chi connectivity index (χ0n) is 15.1. The highest BCUT2D eigenvalue weighted by atomic mass is 19.1. The number of rotatable bonds is 6. The van der Waals surface area contributed by atoms with E-state index in [-0.39, 0.29) is 23.5 Å². The average molecular weight is 370 g/mol. The van der Waals surface area contributed by atoms with Gasteiger partial charge in [0, 0.05) is 25.4 Å². The molecule has 5 nitrogen and oxygen atoms in total. The Labute approximate surface area is 157 Å². The van der Waals surface area contributed by atoms with E-state index in [1.165, 1.54) is 12.1 Å². The largest absolute Gasteiger partial charge is 0.457 e. The second-order valence-corrected chi connectivity index (χ2v) is 6.76. The summed E-state index contributed by atoms with van der Waals surface area (Å²) in [4.78, 5) is 25.4. The van der Waals surface area contributed by atoms with E-state index in [1.807, 2.05) is 24.3 Å². The summed E-state index contributed by atoms with van der Waals surface area (Å²) in [5.41, 5.74) is 6.32. The Balaban J connectivity index is 1.51. The molecule has 2 amide bonds. The lowest BCUT2D eigenvalue weighted by molar-refractivity contribution is -0.134. The number of carbonyl (C=O) groups is 2. The summed E-state index contributed by atoms with van der Waals surface area (Å²) in [6.45, 7) is 1.17. The Hall–Kier alpha value is -2.89.